The van der Waals surface area contributed by atoms with E-state index < -0.39 is 6.10 Å². The molecule has 0 saturated carbocycles. The molecule has 2 aromatic carbocycles. The van der Waals surface area contributed by atoms with E-state index in [0.717, 1.165) is 5.56 Å². The third-order valence-electron chi connectivity index (χ3n) is 3.74. The van der Waals surface area contributed by atoms with Gasteiger partial charge in [-0.15, -0.1) is 6.42 Å². The van der Waals surface area contributed by atoms with E-state index in [0.29, 0.717) is 17.2 Å². The minimum absolute atomic E-state index is 0.0523. The van der Waals surface area contributed by atoms with E-state index in [4.69, 9.17) is 11.2 Å². The van der Waals surface area contributed by atoms with Crippen LogP contribution in [0.15, 0.2) is 42.5 Å². The van der Waals surface area contributed by atoms with E-state index in [1.165, 1.54) is 18.2 Å². The molecule has 0 amide bonds. The third-order valence-corrected chi connectivity index (χ3v) is 3.74. The summed E-state index contributed by atoms with van der Waals surface area (Å²) in [6.07, 6.45) is 4.08. The summed E-state index contributed by atoms with van der Waals surface area (Å²) in [5, 5.41) is 19.9. The quantitative estimate of drug-likeness (QED) is 0.627. The lowest BCUT2D eigenvalue weighted by molar-refractivity contribution is -0.730. The molecule has 0 spiro atoms. The maximum absolute atomic E-state index is 11.4. The van der Waals surface area contributed by atoms with Gasteiger partial charge in [0.05, 0.1) is 10.5 Å². The summed E-state index contributed by atoms with van der Waals surface area (Å²) in [6, 6.07) is 11.8. The van der Waals surface area contributed by atoms with Crippen LogP contribution in [0.4, 0.5) is 5.69 Å². The van der Waals surface area contributed by atoms with Gasteiger partial charge in [0.1, 0.15) is 18.5 Å². The molecule has 0 aromatic heterocycles. The molecule has 0 bridgehead atoms. The lowest BCUT2D eigenvalue weighted by Gasteiger charge is -2.14. The first-order valence-corrected chi connectivity index (χ1v) is 7.58. The van der Waals surface area contributed by atoms with Gasteiger partial charge in [0, 0.05) is 6.07 Å². The Hall–Kier alpha value is -2.84. The van der Waals surface area contributed by atoms with Gasteiger partial charge in [-0.05, 0) is 29.2 Å². The SMILES string of the molecule is C#CCOc1ccc([N+](=O)O)c([C@@H](O)c2ccc(C(C)C)cc2)c1. The van der Waals surface area contributed by atoms with Crippen molar-refractivity contribution in [1.82, 2.24) is 0 Å². The summed E-state index contributed by atoms with van der Waals surface area (Å²) in [4.78, 5) is 11.1. The number of aliphatic hydroxyl groups is 1. The van der Waals surface area contributed by atoms with Gasteiger partial charge in [-0.1, -0.05) is 44.0 Å². The van der Waals surface area contributed by atoms with Crippen molar-refractivity contribution in [3.05, 3.63) is 64.1 Å². The summed E-state index contributed by atoms with van der Waals surface area (Å²) in [5.41, 5.74) is 1.93. The minimum Gasteiger partial charge on any atom is -0.481 e. The molecular weight excluding hydrogens is 306 g/mol. The molecule has 2 aromatic rings. The first kappa shape index (κ1) is 17.5. The molecule has 5 nitrogen and oxygen atoms in total. The normalized spacial score (nSPS) is 11.8. The highest BCUT2D eigenvalue weighted by Gasteiger charge is 2.26. The average molecular weight is 326 g/mol. The monoisotopic (exact) mass is 326 g/mol. The number of hydrogen-bond donors (Lipinski definition) is 2. The van der Waals surface area contributed by atoms with Crippen LogP contribution in [0.1, 0.15) is 42.6 Å². The second-order valence-corrected chi connectivity index (χ2v) is 5.71. The molecule has 0 aliphatic rings. The zero-order valence-corrected chi connectivity index (χ0v) is 13.6. The van der Waals surface area contributed by atoms with Crippen LogP contribution in [0.2, 0.25) is 0 Å². The van der Waals surface area contributed by atoms with Crippen LogP contribution in [-0.4, -0.2) is 21.8 Å². The predicted octanol–water partition coefficient (Wildman–Crippen LogP) is 3.70. The summed E-state index contributed by atoms with van der Waals surface area (Å²) in [7, 11) is 0. The largest absolute Gasteiger partial charge is 0.481 e. The summed E-state index contributed by atoms with van der Waals surface area (Å²) in [6.45, 7) is 4.23. The summed E-state index contributed by atoms with van der Waals surface area (Å²) >= 11 is 0. The number of nitrogens with zero attached hydrogens (tertiary/aromatic N) is 1. The van der Waals surface area contributed by atoms with Crippen LogP contribution in [0.25, 0.3) is 0 Å². The molecule has 0 saturated heterocycles. The van der Waals surface area contributed by atoms with Crippen molar-refractivity contribution >= 4 is 5.69 Å². The third kappa shape index (κ3) is 3.92. The molecule has 0 aliphatic heterocycles. The molecule has 2 N–H and O–H groups in total. The van der Waals surface area contributed by atoms with Crippen molar-refractivity contribution in [2.75, 3.05) is 6.61 Å². The standard InChI is InChI=1S/C19H20NO4/c1-4-11-24-16-9-10-18(20(22)23)17(12-16)19(21)15-7-5-14(6-8-15)13(2)3/h1,5-10,12-13,19,21H,11H2,2-3H3,(H,22,23)/q+1/t19-/m0/s1. The topological polar surface area (TPSA) is 69.8 Å². The van der Waals surface area contributed by atoms with Gasteiger partial charge in [0.25, 0.3) is 4.92 Å². The molecule has 124 valence electrons. The maximum atomic E-state index is 11.4. The van der Waals surface area contributed by atoms with Crippen LogP contribution in [0, 0.1) is 17.3 Å². The highest BCUT2D eigenvalue weighted by Crippen LogP contribution is 2.33. The number of benzene rings is 2. The van der Waals surface area contributed by atoms with Crippen LogP contribution >= 0.6 is 0 Å². The second kappa shape index (κ2) is 7.62. The van der Waals surface area contributed by atoms with Crippen molar-refractivity contribution in [2.45, 2.75) is 25.9 Å². The van der Waals surface area contributed by atoms with Crippen molar-refractivity contribution in [3.8, 4) is 18.1 Å². The highest BCUT2D eigenvalue weighted by molar-refractivity contribution is 5.49. The van der Waals surface area contributed by atoms with Crippen molar-refractivity contribution in [3.63, 3.8) is 0 Å². The molecular formula is C19H20NO4+. The molecule has 24 heavy (non-hydrogen) atoms. The van der Waals surface area contributed by atoms with E-state index in [2.05, 4.69) is 19.8 Å². The molecule has 0 radical (unpaired) electrons. The Morgan fingerprint density at radius 2 is 1.79 bits per heavy atom. The molecule has 2 rings (SSSR count). The summed E-state index contributed by atoms with van der Waals surface area (Å²) < 4.78 is 5.32. The van der Waals surface area contributed by atoms with Gasteiger partial charge >= 0.3 is 5.69 Å². The number of hydrogen-bond acceptors (Lipinski definition) is 3. The zero-order valence-electron chi connectivity index (χ0n) is 13.6. The Kier molecular flexibility index (Phi) is 5.56. The van der Waals surface area contributed by atoms with E-state index in [9.17, 15) is 15.2 Å². The van der Waals surface area contributed by atoms with Crippen molar-refractivity contribution in [1.29, 1.82) is 0 Å². The number of rotatable bonds is 6. The van der Waals surface area contributed by atoms with Gasteiger partial charge < -0.3 is 9.84 Å². The zero-order chi connectivity index (χ0) is 17.7. The summed E-state index contributed by atoms with van der Waals surface area (Å²) in [5.74, 6) is 3.13. The number of terminal acetylenes is 1. The first-order valence-electron chi connectivity index (χ1n) is 7.58. The Morgan fingerprint density at radius 1 is 1.17 bits per heavy atom. The van der Waals surface area contributed by atoms with Gasteiger partial charge in [-0.25, -0.2) is 5.21 Å². The van der Waals surface area contributed by atoms with E-state index >= 15 is 0 Å². The lowest BCUT2D eigenvalue weighted by Crippen LogP contribution is -2.06. The fraction of sp³-hybridized carbons (Fsp3) is 0.263. The second-order valence-electron chi connectivity index (χ2n) is 5.71. The Labute approximate surface area is 141 Å². The van der Waals surface area contributed by atoms with E-state index in [1.54, 1.807) is 12.1 Å². The molecule has 1 atom stereocenters. The Bertz CT molecular complexity index is 760. The lowest BCUT2D eigenvalue weighted by atomic mass is 9.96. The smallest absolute Gasteiger partial charge is 0.322 e. The van der Waals surface area contributed by atoms with E-state index in [-0.39, 0.29) is 22.8 Å². The molecule has 5 heteroatoms. The number of ether oxygens (including phenoxy) is 1. The van der Waals surface area contributed by atoms with Gasteiger partial charge in [-0.3, -0.25) is 0 Å². The molecule has 0 unspecified atom stereocenters. The van der Waals surface area contributed by atoms with E-state index in [1.807, 2.05) is 12.1 Å². The van der Waals surface area contributed by atoms with Crippen molar-refractivity contribution in [2.24, 2.45) is 0 Å². The Morgan fingerprint density at radius 3 is 2.33 bits per heavy atom. The molecule has 0 heterocycles. The van der Waals surface area contributed by atoms with Gasteiger partial charge in [0.15, 0.2) is 0 Å². The van der Waals surface area contributed by atoms with Crippen LogP contribution < -0.4 is 4.74 Å². The van der Waals surface area contributed by atoms with Crippen molar-refractivity contribution < 1.29 is 20.0 Å². The van der Waals surface area contributed by atoms with Crippen LogP contribution in [-0.2, 0) is 0 Å². The Balaban J connectivity index is 2.40. The molecule has 0 fully saturated rings. The van der Waals surface area contributed by atoms with Gasteiger partial charge in [0.2, 0.25) is 0 Å². The fourth-order valence-electron chi connectivity index (χ4n) is 2.38. The highest BCUT2D eigenvalue weighted by atomic mass is 16.6. The average Bonchev–Trinajstić information content (AvgIpc) is 2.59. The van der Waals surface area contributed by atoms with Gasteiger partial charge in [-0.2, -0.15) is 0 Å². The number of aliphatic hydroxyl groups excluding tert-OH is 1. The maximum Gasteiger partial charge on any atom is 0.322 e. The predicted molar refractivity (Wildman–Crippen MR) is 90.4 cm³/mol. The minimum atomic E-state index is -1.08. The molecule has 0 aliphatic carbocycles. The first-order chi connectivity index (χ1) is 11.4. The van der Waals surface area contributed by atoms with Crippen LogP contribution in [0.5, 0.6) is 5.75 Å². The van der Waals surface area contributed by atoms with Crippen LogP contribution in [0.3, 0.4) is 0 Å². The fourth-order valence-corrected chi connectivity index (χ4v) is 2.38.